The van der Waals surface area contributed by atoms with Crippen LogP contribution in [0, 0.1) is 0 Å². The highest BCUT2D eigenvalue weighted by Crippen LogP contribution is 2.17. The predicted octanol–water partition coefficient (Wildman–Crippen LogP) is 2.06. The second-order valence-electron chi connectivity index (χ2n) is 4.95. The SMILES string of the molecule is CCCNC(Cc1cc(CC)nn1C)c1ccncn1. The lowest BCUT2D eigenvalue weighted by molar-refractivity contribution is 0.501. The van der Waals surface area contributed by atoms with E-state index in [-0.39, 0.29) is 6.04 Å². The van der Waals surface area contributed by atoms with Crippen molar-refractivity contribution < 1.29 is 0 Å². The molecule has 5 heteroatoms. The van der Waals surface area contributed by atoms with Gasteiger partial charge in [0.2, 0.25) is 0 Å². The molecule has 2 heterocycles. The van der Waals surface area contributed by atoms with Crippen LogP contribution in [0.5, 0.6) is 0 Å². The van der Waals surface area contributed by atoms with Crippen LogP contribution in [0.3, 0.4) is 0 Å². The highest BCUT2D eigenvalue weighted by molar-refractivity contribution is 5.15. The van der Waals surface area contributed by atoms with Gasteiger partial charge in [-0.1, -0.05) is 13.8 Å². The number of nitrogens with one attached hydrogen (secondary N) is 1. The Balaban J connectivity index is 2.16. The monoisotopic (exact) mass is 273 g/mol. The summed E-state index contributed by atoms with van der Waals surface area (Å²) in [5, 5.41) is 8.07. The first-order chi connectivity index (χ1) is 9.74. The Morgan fingerprint density at radius 3 is 2.80 bits per heavy atom. The van der Waals surface area contributed by atoms with E-state index >= 15 is 0 Å². The number of hydrogen-bond acceptors (Lipinski definition) is 4. The Labute approximate surface area is 120 Å². The van der Waals surface area contributed by atoms with Crippen molar-refractivity contribution in [1.29, 1.82) is 0 Å². The molecule has 1 N–H and O–H groups in total. The summed E-state index contributed by atoms with van der Waals surface area (Å²) in [5.74, 6) is 0. The fourth-order valence-electron chi connectivity index (χ4n) is 2.25. The maximum atomic E-state index is 4.51. The van der Waals surface area contributed by atoms with Gasteiger partial charge in [-0.25, -0.2) is 9.97 Å². The van der Waals surface area contributed by atoms with E-state index in [2.05, 4.69) is 40.3 Å². The van der Waals surface area contributed by atoms with E-state index in [1.807, 2.05) is 17.8 Å². The van der Waals surface area contributed by atoms with E-state index in [1.165, 1.54) is 5.69 Å². The molecule has 0 saturated carbocycles. The molecule has 2 aromatic rings. The van der Waals surface area contributed by atoms with Crippen LogP contribution in [-0.2, 0) is 19.9 Å². The molecule has 0 aliphatic rings. The Bertz CT molecular complexity index is 520. The summed E-state index contributed by atoms with van der Waals surface area (Å²) < 4.78 is 1.97. The van der Waals surface area contributed by atoms with Gasteiger partial charge in [0.1, 0.15) is 6.33 Å². The van der Waals surface area contributed by atoms with Gasteiger partial charge in [-0.05, 0) is 31.5 Å². The molecule has 0 amide bonds. The summed E-state index contributed by atoms with van der Waals surface area (Å²) in [4.78, 5) is 8.38. The second-order valence-corrected chi connectivity index (χ2v) is 4.95. The molecule has 0 radical (unpaired) electrons. The molecule has 1 atom stereocenters. The van der Waals surface area contributed by atoms with Crippen molar-refractivity contribution in [2.75, 3.05) is 6.54 Å². The van der Waals surface area contributed by atoms with Crippen molar-refractivity contribution in [3.8, 4) is 0 Å². The summed E-state index contributed by atoms with van der Waals surface area (Å²) in [6, 6.07) is 4.37. The molecule has 0 spiro atoms. The Kier molecular flexibility index (Phi) is 5.24. The minimum Gasteiger partial charge on any atom is -0.308 e. The molecule has 108 valence electrons. The van der Waals surface area contributed by atoms with E-state index in [0.717, 1.165) is 37.2 Å². The van der Waals surface area contributed by atoms with E-state index in [4.69, 9.17) is 0 Å². The summed E-state index contributed by atoms with van der Waals surface area (Å²) in [6.07, 6.45) is 6.36. The fourth-order valence-corrected chi connectivity index (χ4v) is 2.25. The molecule has 0 aliphatic heterocycles. The zero-order valence-corrected chi connectivity index (χ0v) is 12.5. The van der Waals surface area contributed by atoms with Crippen LogP contribution in [0.15, 0.2) is 24.7 Å². The Hall–Kier alpha value is -1.75. The van der Waals surface area contributed by atoms with Crippen molar-refractivity contribution in [3.63, 3.8) is 0 Å². The van der Waals surface area contributed by atoms with Gasteiger partial charge in [-0.2, -0.15) is 5.10 Å². The van der Waals surface area contributed by atoms with Gasteiger partial charge >= 0.3 is 0 Å². The van der Waals surface area contributed by atoms with Gasteiger partial charge in [0.05, 0.1) is 17.4 Å². The zero-order chi connectivity index (χ0) is 14.4. The van der Waals surface area contributed by atoms with Crippen LogP contribution in [-0.4, -0.2) is 26.3 Å². The zero-order valence-electron chi connectivity index (χ0n) is 12.5. The van der Waals surface area contributed by atoms with Crippen molar-refractivity contribution in [2.24, 2.45) is 7.05 Å². The second kappa shape index (κ2) is 7.14. The van der Waals surface area contributed by atoms with Gasteiger partial charge in [-0.15, -0.1) is 0 Å². The molecule has 1 unspecified atom stereocenters. The summed E-state index contributed by atoms with van der Waals surface area (Å²) in [6.45, 7) is 5.28. The summed E-state index contributed by atoms with van der Waals surface area (Å²) in [5.41, 5.74) is 3.40. The molecule has 0 fully saturated rings. The third-order valence-corrected chi connectivity index (χ3v) is 3.41. The molecule has 0 bridgehead atoms. The molecule has 20 heavy (non-hydrogen) atoms. The van der Waals surface area contributed by atoms with Crippen molar-refractivity contribution in [1.82, 2.24) is 25.1 Å². The highest BCUT2D eigenvalue weighted by atomic mass is 15.3. The average Bonchev–Trinajstić information content (AvgIpc) is 2.84. The maximum Gasteiger partial charge on any atom is 0.115 e. The molecular weight excluding hydrogens is 250 g/mol. The molecule has 2 aromatic heterocycles. The third kappa shape index (κ3) is 3.63. The van der Waals surface area contributed by atoms with Crippen LogP contribution < -0.4 is 5.32 Å². The lowest BCUT2D eigenvalue weighted by Gasteiger charge is -2.17. The molecule has 0 saturated heterocycles. The van der Waals surface area contributed by atoms with Crippen LogP contribution >= 0.6 is 0 Å². The number of aryl methyl sites for hydroxylation is 2. The molecule has 0 aliphatic carbocycles. The average molecular weight is 273 g/mol. The standard InChI is InChI=1S/C15H23N5/c1-4-7-17-15(14-6-8-16-11-18-14)10-13-9-12(5-2)19-20(13)3/h6,8-9,11,15,17H,4-5,7,10H2,1-3H3. The largest absolute Gasteiger partial charge is 0.308 e. The lowest BCUT2D eigenvalue weighted by atomic mass is 10.1. The number of rotatable bonds is 7. The Morgan fingerprint density at radius 1 is 1.35 bits per heavy atom. The van der Waals surface area contributed by atoms with E-state index in [0.29, 0.717) is 0 Å². The molecule has 2 rings (SSSR count). The Morgan fingerprint density at radius 2 is 2.20 bits per heavy atom. The summed E-state index contributed by atoms with van der Waals surface area (Å²) >= 11 is 0. The molecule has 0 aromatic carbocycles. The first-order valence-electron chi connectivity index (χ1n) is 7.25. The smallest absolute Gasteiger partial charge is 0.115 e. The van der Waals surface area contributed by atoms with Crippen molar-refractivity contribution in [3.05, 3.63) is 41.7 Å². The van der Waals surface area contributed by atoms with Gasteiger partial charge in [0.25, 0.3) is 0 Å². The third-order valence-electron chi connectivity index (χ3n) is 3.41. The topological polar surface area (TPSA) is 55.6 Å². The minimum atomic E-state index is 0.207. The fraction of sp³-hybridized carbons (Fsp3) is 0.533. The van der Waals surface area contributed by atoms with Crippen molar-refractivity contribution in [2.45, 2.75) is 39.2 Å². The number of hydrogen-bond donors (Lipinski definition) is 1. The normalized spacial score (nSPS) is 12.6. The molecule has 5 nitrogen and oxygen atoms in total. The highest BCUT2D eigenvalue weighted by Gasteiger charge is 2.15. The van der Waals surface area contributed by atoms with E-state index < -0.39 is 0 Å². The van der Waals surface area contributed by atoms with Crippen LogP contribution in [0.2, 0.25) is 0 Å². The van der Waals surface area contributed by atoms with E-state index in [1.54, 1.807) is 12.5 Å². The van der Waals surface area contributed by atoms with Crippen molar-refractivity contribution >= 4 is 0 Å². The maximum absolute atomic E-state index is 4.51. The van der Waals surface area contributed by atoms with Gasteiger partial charge in [0.15, 0.2) is 0 Å². The minimum absolute atomic E-state index is 0.207. The predicted molar refractivity (Wildman–Crippen MR) is 79.4 cm³/mol. The number of aromatic nitrogens is 4. The first kappa shape index (κ1) is 14.7. The van der Waals surface area contributed by atoms with Gasteiger partial charge in [-0.3, -0.25) is 4.68 Å². The quantitative estimate of drug-likeness (QED) is 0.839. The van der Waals surface area contributed by atoms with Crippen LogP contribution in [0.4, 0.5) is 0 Å². The lowest BCUT2D eigenvalue weighted by Crippen LogP contribution is -2.25. The van der Waals surface area contributed by atoms with Crippen LogP contribution in [0.1, 0.15) is 43.4 Å². The number of nitrogens with zero attached hydrogens (tertiary/aromatic N) is 4. The molecular formula is C15H23N5. The summed E-state index contributed by atoms with van der Waals surface area (Å²) in [7, 11) is 2.01. The van der Waals surface area contributed by atoms with E-state index in [9.17, 15) is 0 Å². The van der Waals surface area contributed by atoms with Gasteiger partial charge < -0.3 is 5.32 Å². The first-order valence-corrected chi connectivity index (χ1v) is 7.25. The van der Waals surface area contributed by atoms with Crippen LogP contribution in [0.25, 0.3) is 0 Å². The van der Waals surface area contributed by atoms with Gasteiger partial charge in [0, 0.05) is 25.4 Å².